The largest absolute Gasteiger partial charge is 0.461 e. The van der Waals surface area contributed by atoms with Crippen LogP contribution in [-0.4, -0.2) is 112 Å². The molecule has 108 heavy (non-hydrogen) atoms. The summed E-state index contributed by atoms with van der Waals surface area (Å²) < 4.78 is 17.4. The minimum atomic E-state index is -1.10. The van der Waals surface area contributed by atoms with Crippen molar-refractivity contribution in [2.45, 2.75) is 267 Å². The van der Waals surface area contributed by atoms with E-state index in [0.29, 0.717) is 102 Å². The predicted octanol–water partition coefficient (Wildman–Crippen LogP) is 16.5. The minimum absolute atomic E-state index is 0.0171. The van der Waals surface area contributed by atoms with Crippen molar-refractivity contribution in [2.24, 2.45) is 52.8 Å². The van der Waals surface area contributed by atoms with E-state index >= 15 is 9.59 Å². The van der Waals surface area contributed by atoms with Crippen molar-refractivity contribution in [1.82, 2.24) is 9.80 Å². The van der Waals surface area contributed by atoms with E-state index in [2.05, 4.69) is 34.6 Å². The van der Waals surface area contributed by atoms with E-state index in [9.17, 15) is 47.9 Å². The quantitative estimate of drug-likeness (QED) is 0.0227. The van der Waals surface area contributed by atoms with Gasteiger partial charge in [0.1, 0.15) is 42.1 Å². The second-order valence-electron chi connectivity index (χ2n) is 33.1. The first-order valence-electron chi connectivity index (χ1n) is 40.4. The van der Waals surface area contributed by atoms with Gasteiger partial charge in [-0.25, -0.2) is 0 Å². The Morgan fingerprint density at radius 1 is 0.500 bits per heavy atom. The lowest BCUT2D eigenvalue weighted by Gasteiger charge is -2.29. The zero-order valence-corrected chi connectivity index (χ0v) is 65.7. The lowest BCUT2D eigenvalue weighted by molar-refractivity contribution is -0.157. The van der Waals surface area contributed by atoms with Crippen LogP contribution in [0.25, 0.3) is 5.57 Å². The molecule has 1 saturated carbocycles. The van der Waals surface area contributed by atoms with Crippen molar-refractivity contribution < 1.29 is 71.7 Å². The number of carbonyl (C=O) groups is 12. The molecule has 0 aromatic heterocycles. The summed E-state index contributed by atoms with van der Waals surface area (Å²) in [6.07, 6.45) is 12.2. The SMILES string of the molecule is CC(=O)[C@@H]1CCCN1C(=O)[C@H](CC(=O)CCc1ccccc1)CC(=O)[C@H](CCCCCC(=O)C1CCCC1C(=O)OCc1ccc(C)cc1)CC(=O)[C@@H]1CCCN1C(=O)COC(=O)[C@@H](CC(=O)[C@H](CCCCC(C)C)CC(=O)[C@H](CCCC(C)(C)C)CC(=O)OCc1ccc(C)cc1)CC1=CCc2ccccc21. The van der Waals surface area contributed by atoms with Crippen LogP contribution in [0.3, 0.4) is 0 Å². The standard InChI is InChI=1S/C91H120N2O15/c1-61(2)23-15-16-28-70(53-82(97)72(29-20-48-91(6,7)8)57-87(102)106-58-66-40-36-62(3)37-41-66)84(99)56-74(51-69-46-45-68-26-17-18-30-76(68)69)89(104)108-60-86(101)92-49-22-34-80(92)85(100)54-71(27-13-10-14-35-81(96)77-31-19-32-78(77)90(105)107-59-67-42-38-63(4)39-43-67)83(98)55-73(88(103)93-50-21-33-79(93)64(5)94)52-75(95)47-44-65-24-11-9-12-25-65/h9,11-12,17-18,24-26,30,36-43,46,61,70-74,77-80H,10,13-16,19-23,27-29,31-35,44-45,47-60H2,1-8H3/t70-,71-,72-,73-,74-,77?,78?,79+,80+/m1/s1. The molecule has 2 amide bonds. The number of ether oxygens (including phenoxy) is 3. The summed E-state index contributed by atoms with van der Waals surface area (Å²) in [6.45, 7) is 16.0. The molecule has 4 aliphatic rings. The average molecular weight is 1480 g/mol. The molecule has 4 aromatic carbocycles. The van der Waals surface area contributed by atoms with E-state index in [0.717, 1.165) is 70.2 Å². The summed E-state index contributed by atoms with van der Waals surface area (Å²) in [7, 11) is 0. The van der Waals surface area contributed by atoms with Gasteiger partial charge in [0, 0.05) is 81.7 Å². The average Bonchev–Trinajstić information content (AvgIpc) is 1.64. The first kappa shape index (κ1) is 85.3. The van der Waals surface area contributed by atoms with Gasteiger partial charge in [-0.15, -0.1) is 0 Å². The molecule has 584 valence electrons. The van der Waals surface area contributed by atoms with Crippen LogP contribution in [-0.2, 0) is 97.8 Å². The number of carbonyl (C=O) groups excluding carboxylic acids is 12. The van der Waals surface area contributed by atoms with Gasteiger partial charge >= 0.3 is 17.9 Å². The van der Waals surface area contributed by atoms with Gasteiger partial charge in [0.2, 0.25) is 5.91 Å². The molecular formula is C91H120N2O15. The maximum atomic E-state index is 15.1. The zero-order valence-electron chi connectivity index (χ0n) is 65.7. The Morgan fingerprint density at radius 3 is 1.72 bits per heavy atom. The summed E-state index contributed by atoms with van der Waals surface area (Å²) in [5, 5.41) is 0. The molecule has 0 radical (unpaired) electrons. The smallest absolute Gasteiger partial charge is 0.310 e. The number of likely N-dealkylation sites (tertiary alicyclic amines) is 2. The summed E-state index contributed by atoms with van der Waals surface area (Å²) in [5.41, 5.74) is 7.65. The second kappa shape index (κ2) is 42.6. The number of nitrogens with zero attached hydrogens (tertiary/aromatic N) is 2. The van der Waals surface area contributed by atoms with E-state index in [1.54, 1.807) is 0 Å². The maximum Gasteiger partial charge on any atom is 0.310 e. The Hall–Kier alpha value is -8.34. The third-order valence-corrected chi connectivity index (χ3v) is 22.7. The molecule has 4 aromatic rings. The number of hydrogen-bond donors (Lipinski definition) is 0. The maximum absolute atomic E-state index is 15.1. The number of rotatable bonds is 46. The van der Waals surface area contributed by atoms with Gasteiger partial charge in [0.05, 0.1) is 36.3 Å². The van der Waals surface area contributed by atoms with Gasteiger partial charge in [-0.3, -0.25) is 57.5 Å². The lowest BCUT2D eigenvalue weighted by atomic mass is 9.80. The Balaban J connectivity index is 0.968. The van der Waals surface area contributed by atoms with Crippen LogP contribution in [0.5, 0.6) is 0 Å². The highest BCUT2D eigenvalue weighted by Gasteiger charge is 2.42. The van der Waals surface area contributed by atoms with Crippen LogP contribution in [0.4, 0.5) is 0 Å². The number of esters is 3. The summed E-state index contributed by atoms with van der Waals surface area (Å²) in [6, 6.07) is 31.1. The topological polar surface area (TPSA) is 239 Å². The monoisotopic (exact) mass is 1480 g/mol. The molecule has 2 saturated heterocycles. The molecule has 17 heteroatoms. The first-order valence-corrected chi connectivity index (χ1v) is 40.4. The predicted molar refractivity (Wildman–Crippen MR) is 416 cm³/mol. The van der Waals surface area contributed by atoms with Crippen molar-refractivity contribution in [1.29, 1.82) is 0 Å². The molecule has 0 spiro atoms. The molecular weight excluding hydrogens is 1360 g/mol. The van der Waals surface area contributed by atoms with Crippen LogP contribution >= 0.6 is 0 Å². The van der Waals surface area contributed by atoms with Crippen molar-refractivity contribution in [3.05, 3.63) is 148 Å². The molecule has 8 rings (SSSR count). The molecule has 17 nitrogen and oxygen atoms in total. The normalized spacial score (nSPS) is 18.3. The van der Waals surface area contributed by atoms with Crippen LogP contribution < -0.4 is 0 Å². The number of ketones is 7. The number of Topliss-reactive ketones (excluding diaryl/α,β-unsaturated/α-hetero) is 7. The highest BCUT2D eigenvalue weighted by atomic mass is 16.5. The van der Waals surface area contributed by atoms with Crippen molar-refractivity contribution in [3.8, 4) is 0 Å². The highest BCUT2D eigenvalue weighted by molar-refractivity contribution is 5.98. The molecule has 2 unspecified atom stereocenters. The fraction of sp³-hybridized carbons (Fsp3) is 0.582. The number of hydrogen-bond acceptors (Lipinski definition) is 15. The Morgan fingerprint density at radius 2 is 1.06 bits per heavy atom. The number of aryl methyl sites for hydroxylation is 3. The summed E-state index contributed by atoms with van der Waals surface area (Å²) in [5.74, 6) is -9.54. The van der Waals surface area contributed by atoms with Gasteiger partial charge in [-0.2, -0.15) is 0 Å². The van der Waals surface area contributed by atoms with Gasteiger partial charge in [-0.05, 0) is 155 Å². The fourth-order valence-electron chi connectivity index (χ4n) is 16.3. The molecule has 9 atom stereocenters. The molecule has 0 N–H and O–H groups in total. The number of allylic oxidation sites excluding steroid dienone is 2. The van der Waals surface area contributed by atoms with E-state index in [4.69, 9.17) is 14.2 Å². The van der Waals surface area contributed by atoms with Gasteiger partial charge < -0.3 is 24.0 Å². The van der Waals surface area contributed by atoms with E-state index < -0.39 is 89.7 Å². The minimum Gasteiger partial charge on any atom is -0.461 e. The van der Waals surface area contributed by atoms with Crippen molar-refractivity contribution in [2.75, 3.05) is 19.7 Å². The molecule has 0 bridgehead atoms. The summed E-state index contributed by atoms with van der Waals surface area (Å²) >= 11 is 0. The highest BCUT2D eigenvalue weighted by Crippen LogP contribution is 2.38. The fourth-order valence-corrected chi connectivity index (χ4v) is 16.3. The van der Waals surface area contributed by atoms with E-state index in [1.165, 1.54) is 16.7 Å². The van der Waals surface area contributed by atoms with Gasteiger partial charge in [0.25, 0.3) is 5.91 Å². The Labute approximate surface area is 641 Å². The third kappa shape index (κ3) is 27.1. The number of fused-ring (bicyclic) bond motifs is 1. The molecule has 2 heterocycles. The number of unbranched alkanes of at least 4 members (excludes halogenated alkanes) is 3. The van der Waals surface area contributed by atoms with Crippen molar-refractivity contribution >= 4 is 75.8 Å². The zero-order chi connectivity index (χ0) is 77.9. The van der Waals surface area contributed by atoms with Gasteiger partial charge in [-0.1, -0.05) is 200 Å². The Bertz CT molecular complexity index is 3750. The summed E-state index contributed by atoms with van der Waals surface area (Å²) in [4.78, 5) is 175. The number of benzene rings is 4. The lowest BCUT2D eigenvalue weighted by Crippen LogP contribution is -2.45. The molecule has 2 aliphatic heterocycles. The van der Waals surface area contributed by atoms with E-state index in [1.807, 2.05) is 123 Å². The van der Waals surface area contributed by atoms with Gasteiger partial charge in [0.15, 0.2) is 18.2 Å². The Kier molecular flexibility index (Phi) is 33.6. The molecule has 2 aliphatic carbocycles. The van der Waals surface area contributed by atoms with Crippen LogP contribution in [0, 0.1) is 66.6 Å². The van der Waals surface area contributed by atoms with Crippen LogP contribution in [0.15, 0.2) is 109 Å². The van der Waals surface area contributed by atoms with Crippen LogP contribution in [0.1, 0.15) is 254 Å². The molecule has 3 fully saturated rings. The van der Waals surface area contributed by atoms with Crippen molar-refractivity contribution in [3.63, 3.8) is 0 Å². The first-order chi connectivity index (χ1) is 51.7. The third-order valence-electron chi connectivity index (χ3n) is 22.7. The van der Waals surface area contributed by atoms with E-state index in [-0.39, 0.29) is 136 Å². The number of amides is 2. The van der Waals surface area contributed by atoms with Crippen LogP contribution in [0.2, 0.25) is 0 Å². The second-order valence-corrected chi connectivity index (χ2v) is 33.1.